The van der Waals surface area contributed by atoms with Crippen molar-refractivity contribution in [3.63, 3.8) is 0 Å². The minimum Gasteiger partial charge on any atom is -0.494 e. The molecule has 0 aliphatic carbocycles. The first-order valence-corrected chi connectivity index (χ1v) is 10.6. The molecule has 1 N–H and O–H groups in total. The predicted octanol–water partition coefficient (Wildman–Crippen LogP) is 4.66. The molecular formula is C24H31N3O2. The first-order valence-electron chi connectivity index (χ1n) is 10.6. The first-order chi connectivity index (χ1) is 14.2. The zero-order chi connectivity index (χ0) is 20.5. The lowest BCUT2D eigenvalue weighted by atomic mass is 10.2. The molecule has 0 bridgehead atoms. The van der Waals surface area contributed by atoms with Crippen molar-refractivity contribution < 1.29 is 9.53 Å². The van der Waals surface area contributed by atoms with Crippen LogP contribution in [0, 0.1) is 6.92 Å². The topological polar surface area (TPSA) is 56.2 Å². The molecule has 0 spiro atoms. The molecule has 5 heteroatoms. The average Bonchev–Trinajstić information content (AvgIpc) is 3.08. The Morgan fingerprint density at radius 3 is 2.79 bits per heavy atom. The molecule has 29 heavy (non-hydrogen) atoms. The average molecular weight is 394 g/mol. The van der Waals surface area contributed by atoms with Gasteiger partial charge in [0, 0.05) is 25.9 Å². The number of para-hydroxylation sites is 2. The summed E-state index contributed by atoms with van der Waals surface area (Å²) < 4.78 is 8.19. The van der Waals surface area contributed by atoms with Gasteiger partial charge in [0.25, 0.3) is 0 Å². The number of nitrogens with one attached hydrogen (secondary N) is 1. The van der Waals surface area contributed by atoms with E-state index in [-0.39, 0.29) is 5.91 Å². The Labute approximate surface area is 173 Å². The molecule has 154 valence electrons. The number of nitrogens with zero attached hydrogens (tertiary/aromatic N) is 2. The highest BCUT2D eigenvalue weighted by Gasteiger charge is 2.10. The molecule has 0 atom stereocenters. The monoisotopic (exact) mass is 393 g/mol. The Hall–Kier alpha value is -2.82. The largest absolute Gasteiger partial charge is 0.494 e. The van der Waals surface area contributed by atoms with Gasteiger partial charge in [-0.2, -0.15) is 0 Å². The van der Waals surface area contributed by atoms with Crippen molar-refractivity contribution in [3.8, 4) is 5.75 Å². The summed E-state index contributed by atoms with van der Waals surface area (Å²) in [5, 5.41) is 2.94. The number of fused-ring (bicyclic) bond motifs is 1. The van der Waals surface area contributed by atoms with Gasteiger partial charge in [-0.25, -0.2) is 4.98 Å². The van der Waals surface area contributed by atoms with E-state index in [4.69, 9.17) is 9.72 Å². The van der Waals surface area contributed by atoms with Crippen LogP contribution < -0.4 is 10.1 Å². The highest BCUT2D eigenvalue weighted by molar-refractivity contribution is 5.76. The van der Waals surface area contributed by atoms with Crippen LogP contribution in [0.15, 0.2) is 48.5 Å². The summed E-state index contributed by atoms with van der Waals surface area (Å²) in [6, 6.07) is 16.5. The van der Waals surface area contributed by atoms with E-state index in [0.717, 1.165) is 49.3 Å². The lowest BCUT2D eigenvalue weighted by Crippen LogP contribution is -2.23. The Morgan fingerprint density at radius 2 is 1.97 bits per heavy atom. The summed E-state index contributed by atoms with van der Waals surface area (Å²) in [4.78, 5) is 16.2. The maximum atomic E-state index is 11.4. The zero-order valence-electron chi connectivity index (χ0n) is 17.5. The second kappa shape index (κ2) is 10.6. The second-order valence-electron chi connectivity index (χ2n) is 7.35. The molecule has 0 saturated carbocycles. The van der Waals surface area contributed by atoms with Gasteiger partial charge in [0.1, 0.15) is 11.6 Å². The van der Waals surface area contributed by atoms with E-state index >= 15 is 0 Å². The predicted molar refractivity (Wildman–Crippen MR) is 117 cm³/mol. The van der Waals surface area contributed by atoms with Crippen LogP contribution in [0.5, 0.6) is 5.75 Å². The van der Waals surface area contributed by atoms with E-state index in [1.807, 2.05) is 25.1 Å². The standard InChI is InChI=1S/C24H31N3O2/c1-3-24(28)25-15-9-14-23-26-21-12-4-5-13-22(21)27(23)16-6-7-17-29-20-11-8-10-19(2)18-20/h4-5,8,10-13,18H,3,6-7,9,14-17H2,1-2H3,(H,25,28). The number of benzene rings is 2. The molecule has 1 aromatic heterocycles. The van der Waals surface area contributed by atoms with Gasteiger partial charge in [0.05, 0.1) is 17.6 Å². The molecule has 0 radical (unpaired) electrons. The van der Waals surface area contributed by atoms with Crippen LogP contribution in [0.4, 0.5) is 0 Å². The Morgan fingerprint density at radius 1 is 1.10 bits per heavy atom. The quantitative estimate of drug-likeness (QED) is 0.482. The molecule has 3 aromatic rings. The van der Waals surface area contributed by atoms with Gasteiger partial charge in [-0.15, -0.1) is 0 Å². The van der Waals surface area contributed by atoms with E-state index in [2.05, 4.69) is 47.1 Å². The lowest BCUT2D eigenvalue weighted by molar-refractivity contribution is -0.120. The Balaban J connectivity index is 1.53. The number of hydrogen-bond acceptors (Lipinski definition) is 3. The van der Waals surface area contributed by atoms with Gasteiger partial charge >= 0.3 is 0 Å². The smallest absolute Gasteiger partial charge is 0.219 e. The number of carbonyl (C=O) groups excluding carboxylic acids is 1. The van der Waals surface area contributed by atoms with Crippen molar-refractivity contribution in [3.05, 3.63) is 59.9 Å². The van der Waals surface area contributed by atoms with Crippen molar-refractivity contribution in [2.24, 2.45) is 0 Å². The van der Waals surface area contributed by atoms with Crippen molar-refractivity contribution in [2.45, 2.75) is 52.5 Å². The van der Waals surface area contributed by atoms with Crippen LogP contribution in [0.2, 0.25) is 0 Å². The fourth-order valence-electron chi connectivity index (χ4n) is 3.43. The summed E-state index contributed by atoms with van der Waals surface area (Å²) in [7, 11) is 0. The maximum absolute atomic E-state index is 11.4. The summed E-state index contributed by atoms with van der Waals surface area (Å²) >= 11 is 0. The molecule has 1 heterocycles. The summed E-state index contributed by atoms with van der Waals surface area (Å²) in [6.07, 6.45) is 4.31. The highest BCUT2D eigenvalue weighted by atomic mass is 16.5. The van der Waals surface area contributed by atoms with E-state index in [1.54, 1.807) is 0 Å². The van der Waals surface area contributed by atoms with Crippen LogP contribution in [0.1, 0.15) is 44.0 Å². The van der Waals surface area contributed by atoms with Crippen LogP contribution in [-0.4, -0.2) is 28.6 Å². The van der Waals surface area contributed by atoms with Crippen molar-refractivity contribution in [1.82, 2.24) is 14.9 Å². The third kappa shape index (κ3) is 6.08. The SMILES string of the molecule is CCC(=O)NCCCc1nc2ccccc2n1CCCCOc1cccc(C)c1. The zero-order valence-corrected chi connectivity index (χ0v) is 17.5. The molecule has 0 unspecified atom stereocenters. The molecular weight excluding hydrogens is 362 g/mol. The highest BCUT2D eigenvalue weighted by Crippen LogP contribution is 2.18. The van der Waals surface area contributed by atoms with Gasteiger partial charge in [0.2, 0.25) is 5.91 Å². The van der Waals surface area contributed by atoms with Crippen LogP contribution in [0.25, 0.3) is 11.0 Å². The number of imidazole rings is 1. The van der Waals surface area contributed by atoms with Crippen molar-refractivity contribution >= 4 is 16.9 Å². The number of aromatic nitrogens is 2. The number of aryl methyl sites for hydroxylation is 3. The summed E-state index contributed by atoms with van der Waals surface area (Å²) in [5.41, 5.74) is 3.43. The summed E-state index contributed by atoms with van der Waals surface area (Å²) in [5.74, 6) is 2.14. The number of rotatable bonds is 11. The second-order valence-corrected chi connectivity index (χ2v) is 7.35. The molecule has 0 aliphatic heterocycles. The van der Waals surface area contributed by atoms with Crippen LogP contribution >= 0.6 is 0 Å². The third-order valence-corrected chi connectivity index (χ3v) is 4.99. The number of unbranched alkanes of at least 4 members (excludes halogenated alkanes) is 1. The Bertz CT molecular complexity index is 933. The van der Waals surface area contributed by atoms with Gasteiger partial charge in [-0.05, 0) is 56.0 Å². The molecule has 2 aromatic carbocycles. The minimum absolute atomic E-state index is 0.104. The lowest BCUT2D eigenvalue weighted by Gasteiger charge is -2.11. The molecule has 3 rings (SSSR count). The van der Waals surface area contributed by atoms with Crippen LogP contribution in [0.3, 0.4) is 0 Å². The summed E-state index contributed by atoms with van der Waals surface area (Å²) in [6.45, 7) is 6.28. The number of hydrogen-bond donors (Lipinski definition) is 1. The number of ether oxygens (including phenoxy) is 1. The van der Waals surface area contributed by atoms with E-state index in [0.29, 0.717) is 19.6 Å². The molecule has 0 saturated heterocycles. The fraction of sp³-hybridized carbons (Fsp3) is 0.417. The Kier molecular flexibility index (Phi) is 7.68. The van der Waals surface area contributed by atoms with Gasteiger partial charge in [-0.1, -0.05) is 31.2 Å². The van der Waals surface area contributed by atoms with Crippen LogP contribution in [-0.2, 0) is 17.8 Å². The number of amides is 1. The van der Waals surface area contributed by atoms with Gasteiger partial charge < -0.3 is 14.6 Å². The van der Waals surface area contributed by atoms with E-state index < -0.39 is 0 Å². The fourth-order valence-corrected chi connectivity index (χ4v) is 3.43. The van der Waals surface area contributed by atoms with Gasteiger partial charge in [0.15, 0.2) is 0 Å². The normalized spacial score (nSPS) is 11.0. The molecule has 5 nitrogen and oxygen atoms in total. The van der Waals surface area contributed by atoms with E-state index in [9.17, 15) is 4.79 Å². The molecule has 1 amide bonds. The van der Waals surface area contributed by atoms with Gasteiger partial charge in [-0.3, -0.25) is 4.79 Å². The third-order valence-electron chi connectivity index (χ3n) is 4.99. The molecule has 0 aliphatic rings. The number of carbonyl (C=O) groups is 1. The minimum atomic E-state index is 0.104. The van der Waals surface area contributed by atoms with Crippen molar-refractivity contribution in [2.75, 3.05) is 13.2 Å². The maximum Gasteiger partial charge on any atom is 0.219 e. The molecule has 0 fully saturated rings. The van der Waals surface area contributed by atoms with E-state index in [1.165, 1.54) is 11.1 Å². The van der Waals surface area contributed by atoms with Crippen molar-refractivity contribution in [1.29, 1.82) is 0 Å². The first kappa shape index (κ1) is 20.9.